The molecule has 1 aliphatic heterocycles. The molecule has 1 aromatic heterocycles. The van der Waals surface area contributed by atoms with E-state index >= 15 is 0 Å². The maximum Gasteiger partial charge on any atom is 0.424 e. The summed E-state index contributed by atoms with van der Waals surface area (Å²) in [5, 5.41) is 11.2. The van der Waals surface area contributed by atoms with Gasteiger partial charge in [-0.3, -0.25) is 4.79 Å². The van der Waals surface area contributed by atoms with E-state index in [1.54, 1.807) is 6.92 Å². The van der Waals surface area contributed by atoms with Gasteiger partial charge in [-0.05, 0) is 32.1 Å². The summed E-state index contributed by atoms with van der Waals surface area (Å²) >= 11 is 0.725. The van der Waals surface area contributed by atoms with Crippen molar-refractivity contribution in [1.29, 1.82) is 0 Å². The van der Waals surface area contributed by atoms with Crippen LogP contribution in [0.25, 0.3) is 0 Å². The summed E-state index contributed by atoms with van der Waals surface area (Å²) in [6.45, 7) is 4.49. The smallest absolute Gasteiger partial charge is 0.374 e. The quantitative estimate of drug-likeness (QED) is 0.910. The molecule has 2 unspecified atom stereocenters. The highest BCUT2D eigenvalue weighted by Gasteiger charge is 2.58. The fourth-order valence-electron chi connectivity index (χ4n) is 2.68. The Balaban J connectivity index is 2.19. The topological polar surface area (TPSA) is 53.4 Å². The number of rotatable bonds is 3. The van der Waals surface area contributed by atoms with Gasteiger partial charge in [-0.15, -0.1) is 11.3 Å². The molecular formula is C15H21F3N2O2S. The Morgan fingerprint density at radius 1 is 1.43 bits per heavy atom. The van der Waals surface area contributed by atoms with E-state index in [1.165, 1.54) is 10.3 Å². The zero-order valence-corrected chi connectivity index (χ0v) is 14.0. The number of carbonyl (C=O) groups excluding carboxylic acids is 1. The SMILES string of the molecule is Cc1csc(C(O)(CC(=O)N2CCCC(C)CC2)C(F)(F)F)n1. The number of hydrogen-bond acceptors (Lipinski definition) is 4. The van der Waals surface area contributed by atoms with Gasteiger partial charge in [0, 0.05) is 24.2 Å². The summed E-state index contributed by atoms with van der Waals surface area (Å²) in [6, 6.07) is 0. The third-order valence-corrected chi connectivity index (χ3v) is 5.33. The minimum atomic E-state index is -4.95. The minimum absolute atomic E-state index is 0.392. The predicted molar refractivity (Wildman–Crippen MR) is 81.0 cm³/mol. The molecule has 0 aromatic carbocycles. The number of alkyl halides is 3. The Morgan fingerprint density at radius 2 is 2.13 bits per heavy atom. The molecule has 0 spiro atoms. The number of carbonyl (C=O) groups is 1. The normalized spacial score (nSPS) is 22.5. The van der Waals surface area contributed by atoms with Crippen LogP contribution in [0.5, 0.6) is 0 Å². The van der Waals surface area contributed by atoms with Crippen molar-refractivity contribution in [3.8, 4) is 0 Å². The zero-order valence-electron chi connectivity index (χ0n) is 13.2. The van der Waals surface area contributed by atoms with E-state index in [-0.39, 0.29) is 0 Å². The number of aliphatic hydroxyl groups is 1. The number of aromatic nitrogens is 1. The first-order valence-corrected chi connectivity index (χ1v) is 8.51. The van der Waals surface area contributed by atoms with Crippen molar-refractivity contribution < 1.29 is 23.1 Å². The molecule has 0 radical (unpaired) electrons. The first-order chi connectivity index (χ1) is 10.6. The number of aryl methyl sites for hydroxylation is 1. The average Bonchev–Trinajstić information content (AvgIpc) is 2.76. The summed E-state index contributed by atoms with van der Waals surface area (Å²) in [6.07, 6.45) is -3.47. The van der Waals surface area contributed by atoms with Crippen LogP contribution in [-0.4, -0.2) is 40.2 Å². The fraction of sp³-hybridized carbons (Fsp3) is 0.733. The lowest BCUT2D eigenvalue weighted by molar-refractivity contribution is -0.268. The lowest BCUT2D eigenvalue weighted by Crippen LogP contribution is -2.47. The maximum atomic E-state index is 13.4. The zero-order chi connectivity index (χ0) is 17.3. The standard InChI is InChI=1S/C15H21F3N2O2S/c1-10-4-3-6-20(7-5-10)12(21)8-14(22,15(16,17)18)13-19-11(2)9-23-13/h9-10,22H,3-8H2,1-2H3. The molecule has 0 aliphatic carbocycles. The summed E-state index contributed by atoms with van der Waals surface area (Å²) in [7, 11) is 0. The number of amides is 1. The van der Waals surface area contributed by atoms with Crippen molar-refractivity contribution in [2.45, 2.75) is 51.3 Å². The molecule has 0 saturated carbocycles. The molecule has 4 nitrogen and oxygen atoms in total. The monoisotopic (exact) mass is 350 g/mol. The predicted octanol–water partition coefficient (Wildman–Crippen LogP) is 3.24. The van der Waals surface area contributed by atoms with E-state index in [0.29, 0.717) is 24.7 Å². The van der Waals surface area contributed by atoms with E-state index in [2.05, 4.69) is 11.9 Å². The first kappa shape index (κ1) is 18.2. The van der Waals surface area contributed by atoms with Crippen LogP contribution in [0.15, 0.2) is 5.38 Å². The summed E-state index contributed by atoms with van der Waals surface area (Å²) in [5.74, 6) is -0.220. The molecule has 1 aliphatic rings. The minimum Gasteiger partial charge on any atom is -0.374 e. The van der Waals surface area contributed by atoms with Gasteiger partial charge in [0.25, 0.3) is 0 Å². The highest BCUT2D eigenvalue weighted by atomic mass is 32.1. The second-order valence-electron chi connectivity index (χ2n) is 6.25. The molecular weight excluding hydrogens is 329 g/mol. The molecule has 23 heavy (non-hydrogen) atoms. The van der Waals surface area contributed by atoms with Gasteiger partial charge in [-0.2, -0.15) is 13.2 Å². The number of likely N-dealkylation sites (tertiary alicyclic amines) is 1. The van der Waals surface area contributed by atoms with Crippen LogP contribution in [-0.2, 0) is 10.4 Å². The van der Waals surface area contributed by atoms with Gasteiger partial charge in [0.05, 0.1) is 6.42 Å². The second-order valence-corrected chi connectivity index (χ2v) is 7.10. The van der Waals surface area contributed by atoms with Crippen LogP contribution in [0.1, 0.15) is 43.3 Å². The number of halogens is 3. The molecule has 2 rings (SSSR count). The molecule has 8 heteroatoms. The fourth-order valence-corrected chi connectivity index (χ4v) is 3.60. The van der Waals surface area contributed by atoms with Crippen molar-refractivity contribution in [3.63, 3.8) is 0 Å². The Morgan fingerprint density at radius 3 is 2.70 bits per heavy atom. The van der Waals surface area contributed by atoms with Crippen molar-refractivity contribution in [3.05, 3.63) is 16.1 Å². The van der Waals surface area contributed by atoms with Crippen LogP contribution in [0.4, 0.5) is 13.2 Å². The molecule has 130 valence electrons. The van der Waals surface area contributed by atoms with E-state index < -0.39 is 29.1 Å². The van der Waals surface area contributed by atoms with Gasteiger partial charge in [0.15, 0.2) is 0 Å². The van der Waals surface area contributed by atoms with E-state index in [9.17, 15) is 23.1 Å². The van der Waals surface area contributed by atoms with Crippen LogP contribution >= 0.6 is 11.3 Å². The highest BCUT2D eigenvalue weighted by Crippen LogP contribution is 2.43. The van der Waals surface area contributed by atoms with Crippen LogP contribution in [0.2, 0.25) is 0 Å². The third kappa shape index (κ3) is 4.03. The van der Waals surface area contributed by atoms with Gasteiger partial charge in [0.1, 0.15) is 5.01 Å². The molecule has 1 amide bonds. The third-order valence-electron chi connectivity index (χ3n) is 4.22. The summed E-state index contributed by atoms with van der Waals surface area (Å²) in [4.78, 5) is 17.5. The average molecular weight is 350 g/mol. The molecule has 1 fully saturated rings. The number of hydrogen-bond donors (Lipinski definition) is 1. The van der Waals surface area contributed by atoms with Gasteiger partial charge < -0.3 is 10.0 Å². The Labute approximate surface area is 137 Å². The lowest BCUT2D eigenvalue weighted by Gasteiger charge is -2.30. The molecule has 1 N–H and O–H groups in total. The van der Waals surface area contributed by atoms with Gasteiger partial charge in [-0.25, -0.2) is 4.98 Å². The first-order valence-electron chi connectivity index (χ1n) is 7.63. The molecule has 0 bridgehead atoms. The van der Waals surface area contributed by atoms with Crippen molar-refractivity contribution >= 4 is 17.2 Å². The molecule has 2 atom stereocenters. The Hall–Kier alpha value is -1.15. The summed E-state index contributed by atoms with van der Waals surface area (Å²) < 4.78 is 40.2. The number of thiazole rings is 1. The van der Waals surface area contributed by atoms with Crippen LogP contribution in [0, 0.1) is 12.8 Å². The largest absolute Gasteiger partial charge is 0.424 e. The molecule has 1 aromatic rings. The van der Waals surface area contributed by atoms with Crippen LogP contribution in [0.3, 0.4) is 0 Å². The Kier molecular flexibility index (Phi) is 5.35. The molecule has 1 saturated heterocycles. The van der Waals surface area contributed by atoms with Crippen molar-refractivity contribution in [2.75, 3.05) is 13.1 Å². The van der Waals surface area contributed by atoms with Gasteiger partial charge >= 0.3 is 6.18 Å². The second kappa shape index (κ2) is 6.76. The highest BCUT2D eigenvalue weighted by molar-refractivity contribution is 7.09. The van der Waals surface area contributed by atoms with E-state index in [1.807, 2.05) is 0 Å². The van der Waals surface area contributed by atoms with Gasteiger partial charge in [-0.1, -0.05) is 6.92 Å². The van der Waals surface area contributed by atoms with Crippen molar-refractivity contribution in [2.24, 2.45) is 5.92 Å². The van der Waals surface area contributed by atoms with Crippen LogP contribution < -0.4 is 0 Å². The lowest BCUT2D eigenvalue weighted by atomic mass is 9.98. The number of nitrogens with zero attached hydrogens (tertiary/aromatic N) is 2. The molecule has 2 heterocycles. The van der Waals surface area contributed by atoms with Crippen molar-refractivity contribution in [1.82, 2.24) is 9.88 Å². The van der Waals surface area contributed by atoms with E-state index in [4.69, 9.17) is 0 Å². The summed E-state index contributed by atoms with van der Waals surface area (Å²) in [5.41, 5.74) is -2.83. The van der Waals surface area contributed by atoms with Gasteiger partial charge in [0.2, 0.25) is 11.5 Å². The maximum absolute atomic E-state index is 13.4. The van der Waals surface area contributed by atoms with E-state index in [0.717, 1.165) is 30.6 Å². The Bertz CT molecular complexity index is 561.